The topological polar surface area (TPSA) is 63.6 Å². The fourth-order valence-corrected chi connectivity index (χ4v) is 2.95. The average molecular weight is 355 g/mol. The lowest BCUT2D eigenvalue weighted by molar-refractivity contribution is 0.0600. The van der Waals surface area contributed by atoms with Crippen LogP contribution >= 0.6 is 0 Å². The van der Waals surface area contributed by atoms with E-state index in [1.165, 1.54) is 7.11 Å². The molecule has 27 heavy (non-hydrogen) atoms. The molecule has 0 radical (unpaired) electrons. The van der Waals surface area contributed by atoms with Crippen LogP contribution in [0.2, 0.25) is 0 Å². The number of ether oxygens (including phenoxy) is 1. The van der Waals surface area contributed by atoms with Crippen LogP contribution in [0.1, 0.15) is 15.9 Å². The molecule has 0 bridgehead atoms. The molecule has 0 fully saturated rings. The normalized spacial score (nSPS) is 11.1. The van der Waals surface area contributed by atoms with Gasteiger partial charge in [0, 0.05) is 10.8 Å². The Morgan fingerprint density at radius 3 is 2.11 bits per heavy atom. The molecule has 1 heterocycles. The fraction of sp³-hybridized carbons (Fsp3) is 0.0455. The van der Waals surface area contributed by atoms with E-state index in [0.29, 0.717) is 5.56 Å². The zero-order valence-electron chi connectivity index (χ0n) is 14.7. The van der Waals surface area contributed by atoms with Crippen molar-refractivity contribution in [2.75, 3.05) is 12.5 Å². The van der Waals surface area contributed by atoms with Crippen molar-refractivity contribution >= 4 is 39.7 Å². The average Bonchev–Trinajstić information content (AvgIpc) is 2.73. The molecule has 0 aliphatic rings. The van der Waals surface area contributed by atoms with Crippen LogP contribution in [0, 0.1) is 0 Å². The number of fused-ring (bicyclic) bond motifs is 2. The second-order valence-corrected chi connectivity index (χ2v) is 6.00. The van der Waals surface area contributed by atoms with Crippen LogP contribution in [-0.2, 0) is 4.74 Å². The highest BCUT2D eigenvalue weighted by molar-refractivity contribution is 6.07. The van der Waals surface area contributed by atoms with Gasteiger partial charge < -0.3 is 4.74 Å². The Morgan fingerprint density at radius 1 is 0.926 bits per heavy atom. The lowest BCUT2D eigenvalue weighted by Gasteiger charge is -2.09. The number of hydrogen-bond acceptors (Lipinski definition) is 5. The van der Waals surface area contributed by atoms with Crippen molar-refractivity contribution in [3.8, 4) is 0 Å². The Balaban J connectivity index is 1.66. The molecule has 1 aromatic heterocycles. The third kappa shape index (κ3) is 3.35. The number of benzene rings is 3. The molecule has 3 aromatic carbocycles. The van der Waals surface area contributed by atoms with Crippen molar-refractivity contribution < 1.29 is 9.53 Å². The molecule has 0 atom stereocenters. The summed E-state index contributed by atoms with van der Waals surface area (Å²) in [4.78, 5) is 16.2. The molecule has 5 heteroatoms. The largest absolute Gasteiger partial charge is 0.465 e. The van der Waals surface area contributed by atoms with Crippen LogP contribution in [0.25, 0.3) is 21.8 Å². The van der Waals surface area contributed by atoms with E-state index in [4.69, 9.17) is 9.72 Å². The SMILES string of the molecule is COC(=O)c1ccc(/C=N/Nc2c3ccccc3nc3ccccc23)cc1. The highest BCUT2D eigenvalue weighted by Gasteiger charge is 2.08. The van der Waals surface area contributed by atoms with Gasteiger partial charge in [0.05, 0.1) is 35.6 Å². The van der Waals surface area contributed by atoms with Crippen molar-refractivity contribution in [1.29, 1.82) is 0 Å². The van der Waals surface area contributed by atoms with E-state index in [-0.39, 0.29) is 5.97 Å². The molecule has 4 aromatic rings. The van der Waals surface area contributed by atoms with Gasteiger partial charge >= 0.3 is 5.97 Å². The van der Waals surface area contributed by atoms with Crippen LogP contribution < -0.4 is 5.43 Å². The Kier molecular flexibility index (Phi) is 4.49. The first-order valence-electron chi connectivity index (χ1n) is 8.51. The van der Waals surface area contributed by atoms with E-state index in [2.05, 4.69) is 10.5 Å². The maximum Gasteiger partial charge on any atom is 0.337 e. The Labute approximate surface area is 156 Å². The molecule has 0 unspecified atom stereocenters. The maximum absolute atomic E-state index is 11.5. The first kappa shape index (κ1) is 16.7. The van der Waals surface area contributed by atoms with Gasteiger partial charge in [-0.25, -0.2) is 9.78 Å². The minimum atomic E-state index is -0.355. The summed E-state index contributed by atoms with van der Waals surface area (Å²) in [5, 5.41) is 6.41. The molecular formula is C22H17N3O2. The fourth-order valence-electron chi connectivity index (χ4n) is 2.95. The van der Waals surface area contributed by atoms with Gasteiger partial charge in [-0.05, 0) is 29.8 Å². The van der Waals surface area contributed by atoms with Crippen molar-refractivity contribution in [2.24, 2.45) is 5.10 Å². The molecule has 0 saturated heterocycles. The van der Waals surface area contributed by atoms with Gasteiger partial charge in [-0.3, -0.25) is 5.43 Å². The number of aromatic nitrogens is 1. The second kappa shape index (κ2) is 7.25. The number of nitrogens with zero attached hydrogens (tertiary/aromatic N) is 2. The summed E-state index contributed by atoms with van der Waals surface area (Å²) in [6.07, 6.45) is 1.71. The molecule has 4 rings (SSSR count). The van der Waals surface area contributed by atoms with Gasteiger partial charge in [0.2, 0.25) is 0 Å². The minimum Gasteiger partial charge on any atom is -0.465 e. The number of carbonyl (C=O) groups is 1. The summed E-state index contributed by atoms with van der Waals surface area (Å²) >= 11 is 0. The summed E-state index contributed by atoms with van der Waals surface area (Å²) in [6, 6.07) is 23.0. The van der Waals surface area contributed by atoms with Crippen LogP contribution in [0.5, 0.6) is 0 Å². The number of esters is 1. The standard InChI is InChI=1S/C22H17N3O2/c1-27-22(26)16-12-10-15(11-13-16)14-23-25-21-17-6-2-4-8-19(17)24-20-9-5-3-7-18(20)21/h2-14H,1H3,(H,24,25)/b23-14+. The Bertz CT molecular complexity index is 1100. The number of hydrogen-bond donors (Lipinski definition) is 1. The van der Waals surface area contributed by atoms with Crippen molar-refractivity contribution in [3.63, 3.8) is 0 Å². The van der Waals surface area contributed by atoms with Crippen molar-refractivity contribution in [3.05, 3.63) is 83.9 Å². The molecule has 0 aliphatic carbocycles. The molecule has 132 valence electrons. The van der Waals surface area contributed by atoms with Gasteiger partial charge in [-0.15, -0.1) is 0 Å². The van der Waals surface area contributed by atoms with Gasteiger partial charge in [0.1, 0.15) is 0 Å². The number of anilines is 1. The summed E-state index contributed by atoms with van der Waals surface area (Å²) in [5.74, 6) is -0.355. The smallest absolute Gasteiger partial charge is 0.337 e. The van der Waals surface area contributed by atoms with Crippen molar-refractivity contribution in [2.45, 2.75) is 0 Å². The lowest BCUT2D eigenvalue weighted by atomic mass is 10.1. The molecule has 5 nitrogen and oxygen atoms in total. The monoisotopic (exact) mass is 355 g/mol. The van der Waals surface area contributed by atoms with Crippen molar-refractivity contribution in [1.82, 2.24) is 4.98 Å². The zero-order valence-corrected chi connectivity index (χ0v) is 14.7. The zero-order chi connectivity index (χ0) is 18.6. The van der Waals surface area contributed by atoms with E-state index >= 15 is 0 Å². The predicted molar refractivity (Wildman–Crippen MR) is 108 cm³/mol. The summed E-state index contributed by atoms with van der Waals surface area (Å²) in [6.45, 7) is 0. The summed E-state index contributed by atoms with van der Waals surface area (Å²) in [5.41, 5.74) is 7.29. The van der Waals surface area contributed by atoms with Gasteiger partial charge in [-0.1, -0.05) is 48.5 Å². The lowest BCUT2D eigenvalue weighted by Crippen LogP contribution is -2.01. The molecule has 0 aliphatic heterocycles. The number of rotatable bonds is 4. The number of carbonyl (C=O) groups excluding carboxylic acids is 1. The molecule has 0 saturated carbocycles. The first-order chi connectivity index (χ1) is 13.3. The Morgan fingerprint density at radius 2 is 1.52 bits per heavy atom. The van der Waals surface area contributed by atoms with E-state index in [1.54, 1.807) is 18.3 Å². The number of para-hydroxylation sites is 2. The summed E-state index contributed by atoms with van der Waals surface area (Å²) in [7, 11) is 1.37. The number of hydrazone groups is 1. The van der Waals surface area contributed by atoms with Crippen LogP contribution in [0.15, 0.2) is 77.9 Å². The second-order valence-electron chi connectivity index (χ2n) is 6.00. The van der Waals surface area contributed by atoms with Gasteiger partial charge in [0.25, 0.3) is 0 Å². The third-order valence-electron chi connectivity index (χ3n) is 4.31. The van der Waals surface area contributed by atoms with Crippen LogP contribution in [-0.4, -0.2) is 24.3 Å². The first-order valence-corrected chi connectivity index (χ1v) is 8.51. The predicted octanol–water partition coefficient (Wildman–Crippen LogP) is 4.62. The third-order valence-corrected chi connectivity index (χ3v) is 4.31. The molecule has 0 spiro atoms. The molecule has 1 N–H and O–H groups in total. The number of pyridine rings is 1. The van der Waals surface area contributed by atoms with E-state index in [0.717, 1.165) is 33.1 Å². The quantitative estimate of drug-likeness (QED) is 0.251. The number of methoxy groups -OCH3 is 1. The molecule has 0 amide bonds. The minimum absolute atomic E-state index is 0.355. The van der Waals surface area contributed by atoms with Gasteiger partial charge in [0.15, 0.2) is 0 Å². The van der Waals surface area contributed by atoms with Crippen LogP contribution in [0.3, 0.4) is 0 Å². The van der Waals surface area contributed by atoms with E-state index < -0.39 is 0 Å². The Hall–Kier alpha value is -3.73. The highest BCUT2D eigenvalue weighted by Crippen LogP contribution is 2.30. The number of nitrogens with one attached hydrogen (secondary N) is 1. The maximum atomic E-state index is 11.5. The van der Waals surface area contributed by atoms with Crippen LogP contribution in [0.4, 0.5) is 5.69 Å². The summed E-state index contributed by atoms with van der Waals surface area (Å²) < 4.78 is 4.71. The molecular weight excluding hydrogens is 338 g/mol. The van der Waals surface area contributed by atoms with E-state index in [9.17, 15) is 4.79 Å². The highest BCUT2D eigenvalue weighted by atomic mass is 16.5. The van der Waals surface area contributed by atoms with E-state index in [1.807, 2.05) is 60.7 Å². The van der Waals surface area contributed by atoms with Gasteiger partial charge in [-0.2, -0.15) is 5.10 Å².